The van der Waals surface area contributed by atoms with Crippen LogP contribution in [0.4, 0.5) is 5.69 Å². The van der Waals surface area contributed by atoms with Crippen molar-refractivity contribution in [2.75, 3.05) is 32.2 Å². The number of aromatic amines is 1. The summed E-state index contributed by atoms with van der Waals surface area (Å²) in [5, 5.41) is 3.17. The number of hydrogen-bond acceptors (Lipinski definition) is 4. The molecule has 5 heteroatoms. The first-order valence-electron chi connectivity index (χ1n) is 4.80. The maximum absolute atomic E-state index is 11.5. The van der Waals surface area contributed by atoms with Crippen LogP contribution in [0.15, 0.2) is 18.5 Å². The Morgan fingerprint density at radius 1 is 1.73 bits per heavy atom. The van der Waals surface area contributed by atoms with Gasteiger partial charge in [-0.2, -0.15) is 0 Å². The van der Waals surface area contributed by atoms with Crippen molar-refractivity contribution >= 4 is 11.7 Å². The first-order valence-corrected chi connectivity index (χ1v) is 4.80. The Hall–Kier alpha value is -1.49. The van der Waals surface area contributed by atoms with E-state index >= 15 is 0 Å². The highest BCUT2D eigenvalue weighted by Gasteiger charge is 2.47. The lowest BCUT2D eigenvalue weighted by atomic mass is 9.86. The Balaban J connectivity index is 1.94. The highest BCUT2D eigenvalue weighted by molar-refractivity contribution is 5.78. The average molecular weight is 210 g/mol. The summed E-state index contributed by atoms with van der Waals surface area (Å²) in [6, 6.07) is 1.91. The van der Waals surface area contributed by atoms with E-state index in [2.05, 4.69) is 10.3 Å². The predicted octanol–water partition coefficient (Wildman–Crippen LogP) is 0.616. The van der Waals surface area contributed by atoms with Gasteiger partial charge >= 0.3 is 5.97 Å². The second-order valence-corrected chi connectivity index (χ2v) is 3.72. The fourth-order valence-electron chi connectivity index (χ4n) is 1.56. The fourth-order valence-corrected chi connectivity index (χ4v) is 1.56. The van der Waals surface area contributed by atoms with Gasteiger partial charge in [-0.05, 0) is 6.07 Å². The molecule has 1 saturated heterocycles. The van der Waals surface area contributed by atoms with Gasteiger partial charge in [0.15, 0.2) is 0 Å². The third-order valence-electron chi connectivity index (χ3n) is 2.60. The van der Waals surface area contributed by atoms with Gasteiger partial charge in [-0.15, -0.1) is 0 Å². The number of methoxy groups -OCH3 is 1. The van der Waals surface area contributed by atoms with Crippen molar-refractivity contribution in [2.45, 2.75) is 0 Å². The lowest BCUT2D eigenvalue weighted by Gasteiger charge is -2.38. The summed E-state index contributed by atoms with van der Waals surface area (Å²) in [6.07, 6.45) is 3.66. The van der Waals surface area contributed by atoms with Crippen LogP contribution in [0.1, 0.15) is 0 Å². The molecule has 0 aromatic carbocycles. The standard InChI is InChI=1S/C10H14N2O3/c1-14-9(13)10(6-15-7-10)5-12-8-2-3-11-4-8/h2-4,11-12H,5-7H2,1H3. The molecule has 1 aliphatic rings. The zero-order chi connectivity index (χ0) is 10.7. The second-order valence-electron chi connectivity index (χ2n) is 3.72. The molecule has 15 heavy (non-hydrogen) atoms. The van der Waals surface area contributed by atoms with Crippen molar-refractivity contribution in [2.24, 2.45) is 5.41 Å². The van der Waals surface area contributed by atoms with Gasteiger partial charge in [0.1, 0.15) is 5.41 Å². The van der Waals surface area contributed by atoms with Crippen molar-refractivity contribution in [3.05, 3.63) is 18.5 Å². The molecule has 0 spiro atoms. The van der Waals surface area contributed by atoms with E-state index in [9.17, 15) is 4.79 Å². The van der Waals surface area contributed by atoms with Crippen molar-refractivity contribution in [1.82, 2.24) is 4.98 Å². The maximum Gasteiger partial charge on any atom is 0.318 e. The molecule has 0 bridgehead atoms. The zero-order valence-electron chi connectivity index (χ0n) is 8.58. The molecule has 0 amide bonds. The van der Waals surface area contributed by atoms with E-state index in [1.54, 1.807) is 0 Å². The molecular weight excluding hydrogens is 196 g/mol. The van der Waals surface area contributed by atoms with Crippen LogP contribution in [-0.4, -0.2) is 37.8 Å². The van der Waals surface area contributed by atoms with Gasteiger partial charge in [0, 0.05) is 18.9 Å². The lowest BCUT2D eigenvalue weighted by molar-refractivity contribution is -0.180. The van der Waals surface area contributed by atoms with E-state index in [1.807, 2.05) is 18.5 Å². The minimum atomic E-state index is -0.508. The van der Waals surface area contributed by atoms with Crippen LogP contribution >= 0.6 is 0 Å². The molecule has 1 aromatic heterocycles. The molecule has 0 radical (unpaired) electrons. The number of carbonyl (C=O) groups excluding carboxylic acids is 1. The average Bonchev–Trinajstić information content (AvgIpc) is 2.68. The van der Waals surface area contributed by atoms with Gasteiger partial charge in [0.25, 0.3) is 0 Å². The molecule has 1 aliphatic heterocycles. The highest BCUT2D eigenvalue weighted by Crippen LogP contribution is 2.29. The molecule has 82 valence electrons. The minimum Gasteiger partial charge on any atom is -0.468 e. The molecular formula is C10H14N2O3. The van der Waals surface area contributed by atoms with E-state index in [1.165, 1.54) is 7.11 Å². The Kier molecular flexibility index (Phi) is 2.64. The molecule has 2 N–H and O–H groups in total. The van der Waals surface area contributed by atoms with Crippen LogP contribution < -0.4 is 5.32 Å². The predicted molar refractivity (Wildman–Crippen MR) is 54.6 cm³/mol. The molecule has 5 nitrogen and oxygen atoms in total. The third-order valence-corrected chi connectivity index (χ3v) is 2.60. The monoisotopic (exact) mass is 210 g/mol. The number of nitrogens with one attached hydrogen (secondary N) is 2. The summed E-state index contributed by atoms with van der Waals surface area (Å²) < 4.78 is 9.84. The minimum absolute atomic E-state index is 0.211. The van der Waals surface area contributed by atoms with Crippen LogP contribution in [0, 0.1) is 5.41 Å². The van der Waals surface area contributed by atoms with E-state index in [4.69, 9.17) is 9.47 Å². The first kappa shape index (κ1) is 10.0. The summed E-state index contributed by atoms with van der Waals surface area (Å²) in [5.74, 6) is -0.211. The number of aromatic nitrogens is 1. The van der Waals surface area contributed by atoms with Crippen LogP contribution in [0.5, 0.6) is 0 Å². The van der Waals surface area contributed by atoms with E-state index in [0.29, 0.717) is 19.8 Å². The summed E-state index contributed by atoms with van der Waals surface area (Å²) in [5.41, 5.74) is 0.455. The van der Waals surface area contributed by atoms with E-state index in [-0.39, 0.29) is 5.97 Å². The number of anilines is 1. The number of esters is 1. The number of hydrogen-bond donors (Lipinski definition) is 2. The Morgan fingerprint density at radius 3 is 3.00 bits per heavy atom. The van der Waals surface area contributed by atoms with Crippen molar-refractivity contribution in [3.63, 3.8) is 0 Å². The summed E-state index contributed by atoms with van der Waals surface area (Å²) in [7, 11) is 1.40. The lowest BCUT2D eigenvalue weighted by Crippen LogP contribution is -2.54. The van der Waals surface area contributed by atoms with Crippen LogP contribution in [-0.2, 0) is 14.3 Å². The van der Waals surface area contributed by atoms with Crippen molar-refractivity contribution in [1.29, 1.82) is 0 Å². The Labute approximate surface area is 87.8 Å². The first-order chi connectivity index (χ1) is 7.27. The molecule has 1 aromatic rings. The van der Waals surface area contributed by atoms with Gasteiger partial charge in [-0.3, -0.25) is 4.79 Å². The quantitative estimate of drug-likeness (QED) is 0.715. The maximum atomic E-state index is 11.5. The normalized spacial score (nSPS) is 17.9. The van der Waals surface area contributed by atoms with Crippen molar-refractivity contribution < 1.29 is 14.3 Å². The number of ether oxygens (including phenoxy) is 2. The van der Waals surface area contributed by atoms with Gasteiger partial charge < -0.3 is 19.8 Å². The summed E-state index contributed by atoms with van der Waals surface area (Å²) in [4.78, 5) is 14.5. The molecule has 0 atom stereocenters. The second kappa shape index (κ2) is 3.94. The van der Waals surface area contributed by atoms with Crippen LogP contribution in [0.3, 0.4) is 0 Å². The van der Waals surface area contributed by atoms with Crippen LogP contribution in [0.25, 0.3) is 0 Å². The smallest absolute Gasteiger partial charge is 0.318 e. The number of rotatable bonds is 4. The fraction of sp³-hybridized carbons (Fsp3) is 0.500. The van der Waals surface area contributed by atoms with Gasteiger partial charge in [-0.25, -0.2) is 0 Å². The van der Waals surface area contributed by atoms with Crippen molar-refractivity contribution in [3.8, 4) is 0 Å². The molecule has 0 saturated carbocycles. The third kappa shape index (κ3) is 1.83. The van der Waals surface area contributed by atoms with E-state index < -0.39 is 5.41 Å². The van der Waals surface area contributed by atoms with Gasteiger partial charge in [0.05, 0.1) is 26.0 Å². The van der Waals surface area contributed by atoms with Crippen LogP contribution in [0.2, 0.25) is 0 Å². The van der Waals surface area contributed by atoms with Gasteiger partial charge in [0.2, 0.25) is 0 Å². The molecule has 2 heterocycles. The molecule has 2 rings (SSSR count). The summed E-state index contributed by atoms with van der Waals surface area (Å²) in [6.45, 7) is 1.39. The Morgan fingerprint density at radius 2 is 2.53 bits per heavy atom. The zero-order valence-corrected chi connectivity index (χ0v) is 8.58. The highest BCUT2D eigenvalue weighted by atomic mass is 16.5. The number of carbonyl (C=O) groups is 1. The largest absolute Gasteiger partial charge is 0.468 e. The topological polar surface area (TPSA) is 63.3 Å². The Bertz CT molecular complexity index is 330. The SMILES string of the molecule is COC(=O)C1(CNc2cc[nH]c2)COC1. The van der Waals surface area contributed by atoms with E-state index in [0.717, 1.165) is 5.69 Å². The van der Waals surface area contributed by atoms with Gasteiger partial charge in [-0.1, -0.05) is 0 Å². The molecule has 1 fully saturated rings. The number of H-pyrrole nitrogens is 1. The summed E-state index contributed by atoms with van der Waals surface area (Å²) >= 11 is 0. The molecule has 0 aliphatic carbocycles. The molecule has 0 unspecified atom stereocenters.